The van der Waals surface area contributed by atoms with Gasteiger partial charge in [0.1, 0.15) is 0 Å². The number of piperazine rings is 3. The zero-order valence-electron chi connectivity index (χ0n) is 8.25. The summed E-state index contributed by atoms with van der Waals surface area (Å²) in [4.78, 5) is 0. The molecule has 3 heterocycles. The second-order valence-corrected chi connectivity index (χ2v) is 4.54. The average molecular weight is 190 g/mol. The van der Waals surface area contributed by atoms with Gasteiger partial charge in [0.05, 0.1) is 0 Å². The largest absolute Gasteiger partial charge is 0.216 e. The Morgan fingerprint density at radius 3 is 2.46 bits per heavy atom. The van der Waals surface area contributed by atoms with E-state index in [0.29, 0.717) is 32.7 Å². The van der Waals surface area contributed by atoms with Crippen LogP contribution in [0.5, 0.6) is 0 Å². The Balaban J connectivity index is 2.12. The minimum atomic E-state index is -0.283. The highest BCUT2D eigenvalue weighted by Crippen LogP contribution is 2.32. The Bertz CT molecular complexity index is 202. The van der Waals surface area contributed by atoms with Gasteiger partial charge in [0.15, 0.2) is 38.8 Å². The van der Waals surface area contributed by atoms with E-state index in [2.05, 4.69) is 6.92 Å². The van der Waals surface area contributed by atoms with Crippen LogP contribution in [0.4, 0.5) is 4.48 Å². The van der Waals surface area contributed by atoms with Gasteiger partial charge in [-0.15, -0.1) is 4.71 Å². The van der Waals surface area contributed by atoms with Crippen LogP contribution in [0.1, 0.15) is 19.8 Å². The van der Waals surface area contributed by atoms with Crippen LogP contribution in [-0.4, -0.2) is 53.3 Å². The maximum absolute atomic E-state index is 14.2. The van der Waals surface area contributed by atoms with Crippen molar-refractivity contribution in [1.29, 1.82) is 0 Å². The van der Waals surface area contributed by atoms with Gasteiger partial charge >= 0.3 is 0 Å². The molecular formula is C9H19FN2O+2. The summed E-state index contributed by atoms with van der Waals surface area (Å²) < 4.78 is 14.0. The normalized spacial score (nSPS) is 49.6. The predicted octanol–water partition coefficient (Wildman–Crippen LogP) is 1.09. The highest BCUT2D eigenvalue weighted by atomic mass is 19.2. The van der Waals surface area contributed by atoms with E-state index >= 15 is 0 Å². The molecule has 3 saturated heterocycles. The molecule has 3 rings (SSSR count). The molecule has 1 unspecified atom stereocenters. The lowest BCUT2D eigenvalue weighted by Crippen LogP contribution is -2.75. The van der Waals surface area contributed by atoms with Crippen LogP contribution in [0.25, 0.3) is 0 Å². The van der Waals surface area contributed by atoms with E-state index in [4.69, 9.17) is 0 Å². The van der Waals surface area contributed by atoms with E-state index in [9.17, 15) is 9.69 Å². The summed E-state index contributed by atoms with van der Waals surface area (Å²) in [6.45, 7) is 4.88. The van der Waals surface area contributed by atoms with Crippen molar-refractivity contribution in [3.8, 4) is 0 Å². The number of hydrogen-bond acceptors (Lipinski definition) is 1. The SMILES string of the molecule is CCCC1C[N+]2(O)CC[N+]1(F)CC2. The first-order valence-electron chi connectivity index (χ1n) is 5.23. The molecule has 3 nitrogen and oxygen atoms in total. The number of fused-ring (bicyclic) bond motifs is 3. The zero-order chi connectivity index (χ0) is 9.53. The maximum atomic E-state index is 14.2. The second-order valence-electron chi connectivity index (χ2n) is 4.54. The first-order chi connectivity index (χ1) is 6.08. The summed E-state index contributed by atoms with van der Waals surface area (Å²) in [7, 11) is 0. The summed E-state index contributed by atoms with van der Waals surface area (Å²) >= 11 is 0. The Labute approximate surface area is 78.4 Å². The monoisotopic (exact) mass is 190 g/mol. The third-order valence-electron chi connectivity index (χ3n) is 3.60. The summed E-state index contributed by atoms with van der Waals surface area (Å²) in [5.41, 5.74) is 0. The van der Waals surface area contributed by atoms with Crippen molar-refractivity contribution in [3.05, 3.63) is 0 Å². The summed E-state index contributed by atoms with van der Waals surface area (Å²) in [5, 5.41) is 9.99. The van der Waals surface area contributed by atoms with E-state index in [1.165, 1.54) is 0 Å². The van der Waals surface area contributed by atoms with Gasteiger partial charge in [-0.3, -0.25) is 0 Å². The van der Waals surface area contributed by atoms with Crippen molar-refractivity contribution in [2.45, 2.75) is 25.8 Å². The van der Waals surface area contributed by atoms with Crippen LogP contribution in [0, 0.1) is 0 Å². The molecule has 0 amide bonds. The van der Waals surface area contributed by atoms with Gasteiger partial charge in [-0.2, -0.15) is 4.65 Å². The van der Waals surface area contributed by atoms with Gasteiger partial charge in [-0.25, -0.2) is 5.21 Å². The Morgan fingerprint density at radius 2 is 1.92 bits per heavy atom. The molecule has 13 heavy (non-hydrogen) atoms. The number of quaternary nitrogens is 2. The van der Waals surface area contributed by atoms with Crippen molar-refractivity contribution < 1.29 is 19.0 Å². The van der Waals surface area contributed by atoms with Crippen molar-refractivity contribution in [2.24, 2.45) is 0 Å². The van der Waals surface area contributed by atoms with Crippen LogP contribution in [0.3, 0.4) is 0 Å². The van der Waals surface area contributed by atoms with Gasteiger partial charge in [-0.05, 0) is 4.48 Å². The van der Waals surface area contributed by atoms with E-state index in [-0.39, 0.29) is 15.4 Å². The smallest absolute Gasteiger partial charge is 0.177 e. The fraction of sp³-hybridized carbons (Fsp3) is 1.00. The van der Waals surface area contributed by atoms with Crippen molar-refractivity contribution >= 4 is 0 Å². The lowest BCUT2D eigenvalue weighted by molar-refractivity contribution is -1.22. The highest BCUT2D eigenvalue weighted by molar-refractivity contribution is 4.65. The Morgan fingerprint density at radius 1 is 1.31 bits per heavy atom. The average Bonchev–Trinajstić information content (AvgIpc) is 2.09. The van der Waals surface area contributed by atoms with Gasteiger partial charge < -0.3 is 0 Å². The third kappa shape index (κ3) is 1.47. The van der Waals surface area contributed by atoms with Gasteiger partial charge in [0.2, 0.25) is 0 Å². The molecule has 76 valence electrons. The molecule has 0 saturated carbocycles. The minimum absolute atomic E-state index is 0.0394. The second kappa shape index (κ2) is 2.90. The van der Waals surface area contributed by atoms with E-state index in [1.807, 2.05) is 0 Å². The molecule has 0 aromatic carbocycles. The van der Waals surface area contributed by atoms with E-state index in [0.717, 1.165) is 12.8 Å². The van der Waals surface area contributed by atoms with E-state index < -0.39 is 0 Å². The van der Waals surface area contributed by atoms with Crippen LogP contribution >= 0.6 is 0 Å². The molecule has 1 N–H and O–H groups in total. The molecule has 0 radical (unpaired) electrons. The standard InChI is InChI=1S/C9H19FN2O/c1-2-3-9-8-11(13)4-6-12(9,10)7-5-11/h9,13H,2-8H2,1H3/q+2. The first-order valence-corrected chi connectivity index (χ1v) is 5.23. The molecule has 0 aromatic heterocycles. The Hall–Kier alpha value is -0.190. The molecule has 3 aliphatic heterocycles. The molecule has 4 heteroatoms. The zero-order valence-corrected chi connectivity index (χ0v) is 8.25. The first kappa shape index (κ1) is 9.37. The summed E-state index contributed by atoms with van der Waals surface area (Å²) in [6, 6.07) is 0.0394. The molecule has 3 aliphatic rings. The van der Waals surface area contributed by atoms with Gasteiger partial charge in [-0.1, -0.05) is 13.3 Å². The molecule has 1 atom stereocenters. The lowest BCUT2D eigenvalue weighted by Gasteiger charge is -2.49. The quantitative estimate of drug-likeness (QED) is 0.510. The van der Waals surface area contributed by atoms with Gasteiger partial charge in [0, 0.05) is 6.42 Å². The van der Waals surface area contributed by atoms with E-state index in [1.54, 1.807) is 0 Å². The predicted molar refractivity (Wildman–Crippen MR) is 46.4 cm³/mol. The molecule has 2 bridgehead atoms. The van der Waals surface area contributed by atoms with Crippen molar-refractivity contribution in [3.63, 3.8) is 0 Å². The number of rotatable bonds is 2. The topological polar surface area (TPSA) is 20.2 Å². The number of halogens is 1. The summed E-state index contributed by atoms with van der Waals surface area (Å²) in [6.07, 6.45) is 1.91. The van der Waals surface area contributed by atoms with Crippen molar-refractivity contribution in [1.82, 2.24) is 0 Å². The number of hydroxylamine groups is 3. The molecule has 0 aliphatic carbocycles. The fourth-order valence-corrected chi connectivity index (χ4v) is 2.67. The van der Waals surface area contributed by atoms with Gasteiger partial charge in [0.25, 0.3) is 0 Å². The van der Waals surface area contributed by atoms with Crippen molar-refractivity contribution in [2.75, 3.05) is 32.7 Å². The third-order valence-corrected chi connectivity index (χ3v) is 3.60. The Kier molecular flexibility index (Phi) is 2.09. The fourth-order valence-electron chi connectivity index (χ4n) is 2.67. The van der Waals surface area contributed by atoms with Crippen LogP contribution in [-0.2, 0) is 0 Å². The number of nitrogens with zero attached hydrogens (tertiary/aromatic N) is 2. The van der Waals surface area contributed by atoms with Crippen LogP contribution in [0.15, 0.2) is 0 Å². The molecular weight excluding hydrogens is 171 g/mol. The van der Waals surface area contributed by atoms with Crippen LogP contribution in [0.2, 0.25) is 0 Å². The molecule has 0 aromatic rings. The summed E-state index contributed by atoms with van der Waals surface area (Å²) in [5.74, 6) is 0. The molecule has 0 spiro atoms. The number of hydrogen-bond donors (Lipinski definition) is 1. The molecule has 3 fully saturated rings. The maximum Gasteiger partial charge on any atom is 0.177 e. The highest BCUT2D eigenvalue weighted by Gasteiger charge is 2.57. The van der Waals surface area contributed by atoms with Crippen LogP contribution < -0.4 is 0 Å². The minimum Gasteiger partial charge on any atom is -0.216 e. The lowest BCUT2D eigenvalue weighted by atomic mass is 10.0.